The van der Waals surface area contributed by atoms with Gasteiger partial charge in [0.2, 0.25) is 9.47 Å². The van der Waals surface area contributed by atoms with Gasteiger partial charge < -0.3 is 9.47 Å². The Morgan fingerprint density at radius 1 is 0.871 bits per heavy atom. The molecule has 31 heavy (non-hydrogen) atoms. The molecule has 0 aliphatic rings. The minimum atomic E-state index is -4.75. The molecule has 170 valence electrons. The number of hydrogen-bond donors (Lipinski definition) is 0. The smallest absolute Gasteiger partial charge is 0.424 e. The van der Waals surface area contributed by atoms with Crippen LogP contribution < -0.4 is 9.47 Å². The van der Waals surface area contributed by atoms with Crippen molar-refractivity contribution in [3.8, 4) is 17.5 Å². The average Bonchev–Trinajstić information content (AvgIpc) is 3.16. The second-order valence-corrected chi connectivity index (χ2v) is 8.64. The Hall–Kier alpha value is -1.67. The van der Waals surface area contributed by atoms with Gasteiger partial charge in [-0.15, -0.1) is 23.4 Å². The van der Waals surface area contributed by atoms with Gasteiger partial charge >= 0.3 is 12.4 Å². The van der Waals surface area contributed by atoms with E-state index < -0.39 is 6.36 Å². The zero-order chi connectivity index (χ0) is 23.3. The fraction of sp³-hybridized carbons (Fsp3) is 0.412. The molecule has 0 amide bonds. The molecule has 0 saturated carbocycles. The summed E-state index contributed by atoms with van der Waals surface area (Å²) in [6.45, 7) is 7.84. The molecule has 0 spiro atoms. The zero-order valence-corrected chi connectivity index (χ0v) is 21.5. The van der Waals surface area contributed by atoms with Crippen molar-refractivity contribution in [2.75, 3.05) is 0 Å². The van der Waals surface area contributed by atoms with Crippen LogP contribution in [0.5, 0.6) is 17.5 Å². The van der Waals surface area contributed by atoms with E-state index in [9.17, 15) is 13.2 Å². The number of alkyl halides is 3. The van der Waals surface area contributed by atoms with E-state index in [1.165, 1.54) is 22.9 Å². The Labute approximate surface area is 201 Å². The molecule has 14 heteroatoms. The van der Waals surface area contributed by atoms with Crippen LogP contribution in [0.25, 0.3) is 0 Å². The Bertz CT molecular complexity index is 1010. The van der Waals surface area contributed by atoms with Gasteiger partial charge in [0.15, 0.2) is 4.73 Å². The molecule has 0 N–H and O–H groups in total. The summed E-state index contributed by atoms with van der Waals surface area (Å²) in [5, 5.41) is 8.16. The van der Waals surface area contributed by atoms with E-state index >= 15 is 0 Å². The highest BCUT2D eigenvalue weighted by atomic mass is 79.9. The van der Waals surface area contributed by atoms with E-state index in [4.69, 9.17) is 4.74 Å². The lowest BCUT2D eigenvalue weighted by molar-refractivity contribution is -0.274. The summed E-state index contributed by atoms with van der Waals surface area (Å²) in [6.07, 6.45) is -4.75. The van der Waals surface area contributed by atoms with Gasteiger partial charge in [0.1, 0.15) is 11.5 Å². The second-order valence-electron chi connectivity index (χ2n) is 6.51. The van der Waals surface area contributed by atoms with Crippen molar-refractivity contribution in [1.29, 1.82) is 0 Å². The van der Waals surface area contributed by atoms with Crippen LogP contribution in [-0.4, -0.2) is 35.9 Å². The lowest BCUT2D eigenvalue weighted by Gasteiger charge is -2.11. The lowest BCUT2D eigenvalue weighted by atomic mass is 10.3. The number of benzene rings is 1. The van der Waals surface area contributed by atoms with Gasteiger partial charge in [0.05, 0.1) is 6.04 Å². The molecule has 0 saturated heterocycles. The number of hydrogen-bond acceptors (Lipinski definition) is 6. The predicted octanol–water partition coefficient (Wildman–Crippen LogP) is 6.70. The van der Waals surface area contributed by atoms with Crippen LogP contribution >= 0.6 is 47.8 Å². The van der Waals surface area contributed by atoms with Crippen LogP contribution in [0.3, 0.4) is 0 Å². The number of ether oxygens (including phenoxy) is 2. The molecule has 0 radical (unpaired) electrons. The highest BCUT2D eigenvalue weighted by Gasteiger charge is 2.31. The molecule has 2 aromatic heterocycles. The third kappa shape index (κ3) is 8.07. The first-order valence-corrected chi connectivity index (χ1v) is 11.2. The van der Waals surface area contributed by atoms with Crippen molar-refractivity contribution in [3.63, 3.8) is 0 Å². The molecule has 0 aliphatic carbocycles. The van der Waals surface area contributed by atoms with Crippen molar-refractivity contribution in [2.24, 2.45) is 0 Å². The van der Waals surface area contributed by atoms with Crippen molar-refractivity contribution < 1.29 is 22.6 Å². The van der Waals surface area contributed by atoms with Gasteiger partial charge in [0.25, 0.3) is 0 Å². The Kier molecular flexibility index (Phi) is 8.89. The highest BCUT2D eigenvalue weighted by Crippen LogP contribution is 2.29. The molecular weight excluding hydrogens is 617 g/mol. The van der Waals surface area contributed by atoms with E-state index in [1.54, 1.807) is 4.68 Å². The summed E-state index contributed by atoms with van der Waals surface area (Å²) in [7, 11) is 0. The average molecular weight is 635 g/mol. The summed E-state index contributed by atoms with van der Waals surface area (Å²) in [4.78, 5) is 8.03. The maximum absolute atomic E-state index is 12.2. The van der Waals surface area contributed by atoms with Gasteiger partial charge in [0, 0.05) is 12.1 Å². The van der Waals surface area contributed by atoms with Gasteiger partial charge in [-0.25, -0.2) is 9.36 Å². The zero-order valence-electron chi connectivity index (χ0n) is 16.7. The van der Waals surface area contributed by atoms with Crippen LogP contribution in [0, 0.1) is 0 Å². The van der Waals surface area contributed by atoms with E-state index in [0.717, 1.165) is 10.8 Å². The number of aromatic nitrogens is 6. The Balaban J connectivity index is 0.000000285. The molecular formula is C17H18Br3F3N6O2. The van der Waals surface area contributed by atoms with E-state index in [2.05, 4.69) is 72.7 Å². The molecule has 3 rings (SSSR count). The van der Waals surface area contributed by atoms with E-state index in [0.29, 0.717) is 15.5 Å². The van der Waals surface area contributed by atoms with Gasteiger partial charge in [-0.1, -0.05) is 6.07 Å². The summed E-state index contributed by atoms with van der Waals surface area (Å²) < 4.78 is 50.8. The summed E-state index contributed by atoms with van der Waals surface area (Å²) >= 11 is 9.58. The number of halogens is 6. The largest absolute Gasteiger partial charge is 0.573 e. The molecule has 3 aromatic rings. The number of rotatable bonds is 5. The standard InChI is InChI=1S/C12H11BrF3N3O2.C5H7Br2N3/c1-7(2)19-11(17-10(13)18-19)20-8-4-3-5-9(6-8)21-12(14,15)16;1-3(2)10-5(7)8-4(6)9-10/h3-7H,1-2H3;3H,1-2H3. The quantitative estimate of drug-likeness (QED) is 0.311. The monoisotopic (exact) mass is 632 g/mol. The van der Waals surface area contributed by atoms with E-state index in [-0.39, 0.29) is 23.6 Å². The third-order valence-electron chi connectivity index (χ3n) is 3.36. The molecule has 0 aliphatic heterocycles. The maximum Gasteiger partial charge on any atom is 0.573 e. The van der Waals surface area contributed by atoms with Crippen LogP contribution in [0.15, 0.2) is 38.5 Å². The van der Waals surface area contributed by atoms with Gasteiger partial charge in [-0.05, 0) is 87.6 Å². The van der Waals surface area contributed by atoms with Crippen molar-refractivity contribution >= 4 is 47.8 Å². The van der Waals surface area contributed by atoms with Crippen molar-refractivity contribution in [2.45, 2.75) is 46.1 Å². The minimum absolute atomic E-state index is 0.0200. The van der Waals surface area contributed by atoms with E-state index in [1.807, 2.05) is 27.7 Å². The first-order chi connectivity index (χ1) is 14.4. The minimum Gasteiger partial charge on any atom is -0.424 e. The Morgan fingerprint density at radius 3 is 1.90 bits per heavy atom. The number of nitrogens with zero attached hydrogens (tertiary/aromatic N) is 6. The summed E-state index contributed by atoms with van der Waals surface area (Å²) in [5.41, 5.74) is 0. The Morgan fingerprint density at radius 2 is 1.42 bits per heavy atom. The summed E-state index contributed by atoms with van der Waals surface area (Å²) in [5.74, 6) is -0.201. The SMILES string of the molecule is CC(C)n1nc(Br)nc1Br.CC(C)n1nc(Br)nc1Oc1cccc(OC(F)(F)F)c1. The first-order valence-electron chi connectivity index (χ1n) is 8.79. The molecule has 2 heterocycles. The van der Waals surface area contributed by atoms with Gasteiger partial charge in [-0.3, -0.25) is 0 Å². The molecule has 0 atom stereocenters. The third-order valence-corrected chi connectivity index (χ3v) is 4.58. The fourth-order valence-corrected chi connectivity index (χ4v) is 3.69. The first kappa shape index (κ1) is 25.6. The second kappa shape index (κ2) is 10.8. The maximum atomic E-state index is 12.2. The predicted molar refractivity (Wildman–Crippen MR) is 117 cm³/mol. The highest BCUT2D eigenvalue weighted by molar-refractivity contribution is 9.11. The molecule has 1 aromatic carbocycles. The van der Waals surface area contributed by atoms with Crippen LogP contribution in [0.4, 0.5) is 13.2 Å². The molecule has 0 fully saturated rings. The normalized spacial score (nSPS) is 11.5. The van der Waals surface area contributed by atoms with Gasteiger partial charge in [-0.2, -0.15) is 9.97 Å². The fourth-order valence-electron chi connectivity index (χ4n) is 2.14. The topological polar surface area (TPSA) is 79.9 Å². The summed E-state index contributed by atoms with van der Waals surface area (Å²) in [6, 6.07) is 5.69. The molecule has 0 bridgehead atoms. The molecule has 0 unspecified atom stereocenters. The lowest BCUT2D eigenvalue weighted by Crippen LogP contribution is -2.17. The van der Waals surface area contributed by atoms with Crippen molar-refractivity contribution in [1.82, 2.24) is 29.5 Å². The molecule has 8 nitrogen and oxygen atoms in total. The van der Waals surface area contributed by atoms with Crippen LogP contribution in [0.1, 0.15) is 39.8 Å². The van der Waals surface area contributed by atoms with Crippen LogP contribution in [-0.2, 0) is 0 Å². The van der Waals surface area contributed by atoms with Crippen molar-refractivity contribution in [3.05, 3.63) is 38.5 Å². The van der Waals surface area contributed by atoms with Crippen LogP contribution in [0.2, 0.25) is 0 Å².